The van der Waals surface area contributed by atoms with Crippen molar-refractivity contribution in [3.63, 3.8) is 0 Å². The first-order chi connectivity index (χ1) is 14.4. The number of anilines is 2. The number of hydrogen-bond acceptors (Lipinski definition) is 4. The molecule has 1 aromatic heterocycles. The van der Waals surface area contributed by atoms with Gasteiger partial charge in [0.25, 0.3) is 15.9 Å². The van der Waals surface area contributed by atoms with E-state index in [1.165, 1.54) is 12.1 Å². The maximum absolute atomic E-state index is 12.6. The van der Waals surface area contributed by atoms with Gasteiger partial charge in [-0.1, -0.05) is 35.9 Å². The van der Waals surface area contributed by atoms with Crippen LogP contribution in [0.3, 0.4) is 0 Å². The van der Waals surface area contributed by atoms with Crippen LogP contribution in [0.15, 0.2) is 89.8 Å². The van der Waals surface area contributed by atoms with E-state index in [4.69, 9.17) is 11.6 Å². The Balaban J connectivity index is 1.53. The Morgan fingerprint density at radius 2 is 1.60 bits per heavy atom. The Hall–Kier alpha value is -3.42. The van der Waals surface area contributed by atoms with Gasteiger partial charge in [0.15, 0.2) is 0 Å². The Labute approximate surface area is 178 Å². The number of benzene rings is 3. The van der Waals surface area contributed by atoms with E-state index >= 15 is 0 Å². The molecule has 1 heterocycles. The van der Waals surface area contributed by atoms with E-state index in [0.29, 0.717) is 27.6 Å². The molecule has 3 aromatic carbocycles. The summed E-state index contributed by atoms with van der Waals surface area (Å²) in [5, 5.41) is 3.95. The van der Waals surface area contributed by atoms with Crippen LogP contribution in [-0.4, -0.2) is 19.3 Å². The number of halogens is 1. The van der Waals surface area contributed by atoms with Gasteiger partial charge in [-0.2, -0.15) is 0 Å². The molecule has 4 aromatic rings. The van der Waals surface area contributed by atoms with E-state index in [1.807, 2.05) is 0 Å². The van der Waals surface area contributed by atoms with Gasteiger partial charge in [-0.3, -0.25) is 9.52 Å². The molecule has 6 nitrogen and oxygen atoms in total. The molecule has 2 N–H and O–H groups in total. The topological polar surface area (TPSA) is 88.2 Å². The molecule has 150 valence electrons. The van der Waals surface area contributed by atoms with Crippen molar-refractivity contribution >= 4 is 49.8 Å². The molecule has 0 saturated carbocycles. The molecule has 0 aliphatic rings. The maximum Gasteiger partial charge on any atom is 0.261 e. The van der Waals surface area contributed by atoms with Crippen LogP contribution in [0.25, 0.3) is 10.9 Å². The van der Waals surface area contributed by atoms with Crippen molar-refractivity contribution in [1.29, 1.82) is 0 Å². The summed E-state index contributed by atoms with van der Waals surface area (Å²) in [5.41, 5.74) is 1.94. The highest BCUT2D eigenvalue weighted by atomic mass is 35.5. The first-order valence-corrected chi connectivity index (χ1v) is 10.8. The van der Waals surface area contributed by atoms with Gasteiger partial charge < -0.3 is 5.32 Å². The van der Waals surface area contributed by atoms with Crippen molar-refractivity contribution in [2.45, 2.75) is 4.90 Å². The number of hydrogen-bond donors (Lipinski definition) is 2. The van der Waals surface area contributed by atoms with E-state index in [0.717, 1.165) is 5.39 Å². The summed E-state index contributed by atoms with van der Waals surface area (Å²) in [6.45, 7) is 0. The highest BCUT2D eigenvalue weighted by Gasteiger charge is 2.14. The lowest BCUT2D eigenvalue weighted by molar-refractivity contribution is 0.102. The predicted octanol–water partition coefficient (Wildman–Crippen LogP) is 4.94. The van der Waals surface area contributed by atoms with Crippen LogP contribution >= 0.6 is 11.6 Å². The van der Waals surface area contributed by atoms with Crippen LogP contribution in [0.4, 0.5) is 11.4 Å². The second-order valence-electron chi connectivity index (χ2n) is 6.49. The average Bonchev–Trinajstić information content (AvgIpc) is 2.74. The molecule has 1 amide bonds. The normalized spacial score (nSPS) is 11.2. The minimum absolute atomic E-state index is 0.157. The van der Waals surface area contributed by atoms with Crippen LogP contribution in [0.5, 0.6) is 0 Å². The number of amides is 1. The lowest BCUT2D eigenvalue weighted by Gasteiger charge is -2.11. The number of pyridine rings is 1. The third-order valence-electron chi connectivity index (χ3n) is 4.34. The van der Waals surface area contributed by atoms with Crippen molar-refractivity contribution in [1.82, 2.24) is 4.98 Å². The monoisotopic (exact) mass is 437 g/mol. The molecule has 0 fully saturated rings. The van der Waals surface area contributed by atoms with Crippen molar-refractivity contribution in [3.8, 4) is 0 Å². The van der Waals surface area contributed by atoms with Gasteiger partial charge in [0.1, 0.15) is 5.15 Å². The van der Waals surface area contributed by atoms with Gasteiger partial charge in [0.2, 0.25) is 0 Å². The van der Waals surface area contributed by atoms with Crippen molar-refractivity contribution in [2.75, 3.05) is 10.0 Å². The van der Waals surface area contributed by atoms with Gasteiger partial charge >= 0.3 is 0 Å². The van der Waals surface area contributed by atoms with E-state index in [1.54, 1.807) is 72.8 Å². The fraction of sp³-hybridized carbons (Fsp3) is 0. The third kappa shape index (κ3) is 4.42. The second kappa shape index (κ2) is 8.14. The Bertz CT molecular complexity index is 1340. The number of fused-ring (bicyclic) bond motifs is 1. The Kier molecular flexibility index (Phi) is 5.39. The zero-order valence-corrected chi connectivity index (χ0v) is 17.1. The zero-order chi connectivity index (χ0) is 21.1. The molecule has 0 unspecified atom stereocenters. The number of carbonyl (C=O) groups excluding carboxylic acids is 1. The van der Waals surface area contributed by atoms with Crippen LogP contribution in [0.1, 0.15) is 10.4 Å². The molecule has 0 spiro atoms. The van der Waals surface area contributed by atoms with Gasteiger partial charge in [-0.25, -0.2) is 13.4 Å². The van der Waals surface area contributed by atoms with Gasteiger partial charge in [-0.05, 0) is 60.7 Å². The van der Waals surface area contributed by atoms with Crippen molar-refractivity contribution in [2.24, 2.45) is 0 Å². The van der Waals surface area contributed by atoms with Gasteiger partial charge in [0.05, 0.1) is 16.1 Å². The van der Waals surface area contributed by atoms with Crippen molar-refractivity contribution < 1.29 is 13.2 Å². The summed E-state index contributed by atoms with van der Waals surface area (Å²) in [6, 6.07) is 23.1. The first-order valence-electron chi connectivity index (χ1n) is 8.96. The van der Waals surface area contributed by atoms with E-state index in [-0.39, 0.29) is 10.8 Å². The minimum atomic E-state index is -3.72. The molecule has 0 aliphatic heterocycles. The smallest absolute Gasteiger partial charge is 0.261 e. The Morgan fingerprint density at radius 1 is 0.833 bits per heavy atom. The van der Waals surface area contributed by atoms with Crippen LogP contribution < -0.4 is 10.0 Å². The van der Waals surface area contributed by atoms with Crippen LogP contribution in [-0.2, 0) is 10.0 Å². The first kappa shape index (κ1) is 19.9. The minimum Gasteiger partial charge on any atom is -0.322 e. The number of sulfonamides is 1. The standard InChI is InChI=1S/C22H16ClN3O3S/c23-21-12-10-15-13-16(9-11-20(15)25-21)22(27)24-17-5-4-6-18(14-17)26-30(28,29)19-7-2-1-3-8-19/h1-14,26H,(H,24,27). The highest BCUT2D eigenvalue weighted by molar-refractivity contribution is 7.92. The predicted molar refractivity (Wildman–Crippen MR) is 118 cm³/mol. The summed E-state index contributed by atoms with van der Waals surface area (Å²) in [5.74, 6) is -0.324. The summed E-state index contributed by atoms with van der Waals surface area (Å²) in [7, 11) is -3.72. The lowest BCUT2D eigenvalue weighted by atomic mass is 10.1. The number of nitrogens with zero attached hydrogens (tertiary/aromatic N) is 1. The van der Waals surface area contributed by atoms with Gasteiger partial charge in [-0.15, -0.1) is 0 Å². The molecular weight excluding hydrogens is 422 g/mol. The van der Waals surface area contributed by atoms with Gasteiger partial charge in [0, 0.05) is 16.6 Å². The fourth-order valence-corrected chi connectivity index (χ4v) is 4.14. The fourth-order valence-electron chi connectivity index (χ4n) is 2.92. The average molecular weight is 438 g/mol. The van der Waals surface area contributed by atoms with E-state index in [2.05, 4.69) is 15.0 Å². The molecule has 0 radical (unpaired) electrons. The lowest BCUT2D eigenvalue weighted by Crippen LogP contribution is -2.14. The van der Waals surface area contributed by atoms with Crippen LogP contribution in [0.2, 0.25) is 5.15 Å². The van der Waals surface area contributed by atoms with Crippen LogP contribution in [0, 0.1) is 0 Å². The zero-order valence-electron chi connectivity index (χ0n) is 15.5. The summed E-state index contributed by atoms with van der Waals surface area (Å²) in [6.07, 6.45) is 0. The largest absolute Gasteiger partial charge is 0.322 e. The van der Waals surface area contributed by atoms with E-state index < -0.39 is 10.0 Å². The summed E-state index contributed by atoms with van der Waals surface area (Å²) < 4.78 is 27.5. The third-order valence-corrected chi connectivity index (χ3v) is 5.95. The number of carbonyl (C=O) groups is 1. The molecular formula is C22H16ClN3O3S. The second-order valence-corrected chi connectivity index (χ2v) is 8.56. The van der Waals surface area contributed by atoms with Crippen molar-refractivity contribution in [3.05, 3.63) is 95.6 Å². The molecule has 4 rings (SSSR count). The van der Waals surface area contributed by atoms with E-state index in [9.17, 15) is 13.2 Å². The SMILES string of the molecule is O=C(Nc1cccc(NS(=O)(=O)c2ccccc2)c1)c1ccc2nc(Cl)ccc2c1. The highest BCUT2D eigenvalue weighted by Crippen LogP contribution is 2.21. The molecule has 0 saturated heterocycles. The molecule has 0 bridgehead atoms. The molecule has 0 atom stereocenters. The maximum atomic E-state index is 12.6. The number of aromatic nitrogens is 1. The molecule has 0 aliphatic carbocycles. The summed E-state index contributed by atoms with van der Waals surface area (Å²) in [4.78, 5) is 17.0. The quantitative estimate of drug-likeness (QED) is 0.433. The Morgan fingerprint density at radius 3 is 2.40 bits per heavy atom. The molecule has 8 heteroatoms. The number of rotatable bonds is 5. The summed E-state index contributed by atoms with van der Waals surface area (Å²) >= 11 is 5.89. The molecule has 30 heavy (non-hydrogen) atoms. The number of nitrogens with one attached hydrogen (secondary N) is 2.